The molecule has 0 spiro atoms. The fourth-order valence-corrected chi connectivity index (χ4v) is 4.24. The van der Waals surface area contributed by atoms with Gasteiger partial charge in [-0.2, -0.15) is 0 Å². The summed E-state index contributed by atoms with van der Waals surface area (Å²) in [5.41, 5.74) is 4.86. The number of aromatic nitrogens is 2. The molecule has 1 amide bonds. The molecular formula is C25H23N3O3S. The van der Waals surface area contributed by atoms with Gasteiger partial charge in [0.05, 0.1) is 16.9 Å². The number of carbonyl (C=O) groups is 2. The molecule has 0 bridgehead atoms. The molecule has 0 aliphatic carbocycles. The molecule has 0 fully saturated rings. The summed E-state index contributed by atoms with van der Waals surface area (Å²) in [7, 11) is 0. The normalized spacial score (nSPS) is 10.7. The summed E-state index contributed by atoms with van der Waals surface area (Å²) in [5.74, 6) is -0.551. The van der Waals surface area contributed by atoms with Crippen LogP contribution in [0.15, 0.2) is 72.4 Å². The van der Waals surface area contributed by atoms with Crippen molar-refractivity contribution in [1.82, 2.24) is 9.55 Å². The van der Waals surface area contributed by atoms with Crippen molar-refractivity contribution in [1.29, 1.82) is 0 Å². The fourth-order valence-electron chi connectivity index (χ4n) is 3.37. The van der Waals surface area contributed by atoms with Crippen LogP contribution in [0, 0.1) is 13.8 Å². The molecular weight excluding hydrogens is 422 g/mol. The van der Waals surface area contributed by atoms with Crippen LogP contribution in [0.1, 0.15) is 34.1 Å². The predicted octanol–water partition coefficient (Wildman–Crippen LogP) is 5.59. The summed E-state index contributed by atoms with van der Waals surface area (Å²) in [6, 6.07) is 16.9. The zero-order chi connectivity index (χ0) is 22.7. The van der Waals surface area contributed by atoms with Gasteiger partial charge >= 0.3 is 5.97 Å². The summed E-state index contributed by atoms with van der Waals surface area (Å²) in [4.78, 5) is 31.1. The smallest absolute Gasteiger partial charge is 0.338 e. The lowest BCUT2D eigenvalue weighted by Crippen LogP contribution is -2.23. The highest BCUT2D eigenvalue weighted by Crippen LogP contribution is 2.32. The first-order chi connectivity index (χ1) is 15.4. The third-order valence-corrected chi connectivity index (χ3v) is 6.07. The number of benzene rings is 2. The van der Waals surface area contributed by atoms with Crippen LogP contribution in [0.3, 0.4) is 0 Å². The first-order valence-corrected chi connectivity index (χ1v) is 11.0. The summed E-state index contributed by atoms with van der Waals surface area (Å²) >= 11 is 1.34. The number of esters is 1. The number of aryl methyl sites for hydroxylation is 1. The topological polar surface area (TPSA) is 64.4 Å². The van der Waals surface area contributed by atoms with Gasteiger partial charge in [-0.3, -0.25) is 9.69 Å². The standard InChI is InChI=1S/C25H23N3O3S/c1-17-8-6-11-23(18(17)2)28(19(3)29)25-26-21(16-32-25)15-31-24(30)20-9-7-10-22(14-20)27-12-4-5-13-27/h4-14,16H,15H2,1-3H3. The quantitative estimate of drug-likeness (QED) is 0.363. The van der Waals surface area contributed by atoms with Gasteiger partial charge in [0.1, 0.15) is 6.61 Å². The molecule has 2 aromatic carbocycles. The Morgan fingerprint density at radius 2 is 1.81 bits per heavy atom. The molecule has 0 N–H and O–H groups in total. The summed E-state index contributed by atoms with van der Waals surface area (Å²) < 4.78 is 7.40. The zero-order valence-corrected chi connectivity index (χ0v) is 18.9. The molecule has 4 aromatic rings. The third-order valence-electron chi connectivity index (χ3n) is 5.20. The minimum absolute atomic E-state index is 0.0294. The molecule has 0 atom stereocenters. The Labute approximate surface area is 190 Å². The van der Waals surface area contributed by atoms with Crippen molar-refractivity contribution >= 4 is 34.0 Å². The van der Waals surface area contributed by atoms with E-state index in [-0.39, 0.29) is 12.5 Å². The molecule has 162 valence electrons. The molecule has 32 heavy (non-hydrogen) atoms. The minimum atomic E-state index is -0.425. The molecule has 0 aliphatic rings. The Bertz CT molecular complexity index is 1260. The average molecular weight is 446 g/mol. The van der Waals surface area contributed by atoms with E-state index < -0.39 is 5.97 Å². The van der Waals surface area contributed by atoms with Crippen LogP contribution >= 0.6 is 11.3 Å². The highest BCUT2D eigenvalue weighted by molar-refractivity contribution is 7.14. The highest BCUT2D eigenvalue weighted by atomic mass is 32.1. The molecule has 6 nitrogen and oxygen atoms in total. The number of rotatable bonds is 6. The van der Waals surface area contributed by atoms with Gasteiger partial charge in [0.25, 0.3) is 0 Å². The van der Waals surface area contributed by atoms with E-state index in [2.05, 4.69) is 4.98 Å². The number of anilines is 2. The molecule has 0 unspecified atom stereocenters. The molecule has 2 heterocycles. The molecule has 7 heteroatoms. The van der Waals surface area contributed by atoms with Crippen LogP contribution in [0.25, 0.3) is 5.69 Å². The van der Waals surface area contributed by atoms with Gasteiger partial charge in [-0.25, -0.2) is 9.78 Å². The van der Waals surface area contributed by atoms with Gasteiger partial charge in [0, 0.05) is 30.4 Å². The Hall–Kier alpha value is -3.71. The molecule has 0 saturated carbocycles. The Morgan fingerprint density at radius 1 is 1.06 bits per heavy atom. The Morgan fingerprint density at radius 3 is 2.56 bits per heavy atom. The van der Waals surface area contributed by atoms with E-state index in [4.69, 9.17) is 4.74 Å². The number of ether oxygens (including phenoxy) is 1. The summed E-state index contributed by atoms with van der Waals surface area (Å²) in [6.07, 6.45) is 3.83. The van der Waals surface area contributed by atoms with Gasteiger partial charge in [-0.15, -0.1) is 11.3 Å². The van der Waals surface area contributed by atoms with Crippen molar-refractivity contribution < 1.29 is 14.3 Å². The first kappa shape index (κ1) is 21.5. The molecule has 0 radical (unpaired) electrons. The maximum absolute atomic E-state index is 12.6. The number of nitrogens with zero attached hydrogens (tertiary/aromatic N) is 3. The lowest BCUT2D eigenvalue weighted by molar-refractivity contribution is -0.115. The van der Waals surface area contributed by atoms with E-state index >= 15 is 0 Å². The third kappa shape index (κ3) is 4.48. The fraction of sp³-hybridized carbons (Fsp3) is 0.160. The highest BCUT2D eigenvalue weighted by Gasteiger charge is 2.20. The van der Waals surface area contributed by atoms with E-state index in [0.29, 0.717) is 16.4 Å². The van der Waals surface area contributed by atoms with Crippen LogP contribution in [0.2, 0.25) is 0 Å². The SMILES string of the molecule is CC(=O)N(c1nc(COC(=O)c2cccc(-n3cccc3)c2)cs1)c1cccc(C)c1C. The predicted molar refractivity (Wildman–Crippen MR) is 126 cm³/mol. The molecule has 0 saturated heterocycles. The second-order valence-corrected chi connectivity index (χ2v) is 8.25. The number of hydrogen-bond donors (Lipinski definition) is 0. The maximum atomic E-state index is 12.6. The maximum Gasteiger partial charge on any atom is 0.338 e. The summed E-state index contributed by atoms with van der Waals surface area (Å²) in [5, 5.41) is 2.35. The first-order valence-electron chi connectivity index (χ1n) is 10.2. The van der Waals surface area contributed by atoms with Crippen molar-refractivity contribution in [3.05, 3.63) is 94.8 Å². The van der Waals surface area contributed by atoms with Crippen LogP contribution < -0.4 is 4.90 Å². The van der Waals surface area contributed by atoms with Crippen molar-refractivity contribution in [2.45, 2.75) is 27.4 Å². The summed E-state index contributed by atoms with van der Waals surface area (Å²) in [6.45, 7) is 5.54. The van der Waals surface area contributed by atoms with Gasteiger partial charge in [0.15, 0.2) is 5.13 Å². The largest absolute Gasteiger partial charge is 0.456 e. The van der Waals surface area contributed by atoms with Gasteiger partial charge in [-0.05, 0) is 61.4 Å². The second-order valence-electron chi connectivity index (χ2n) is 7.41. The molecule has 0 aliphatic heterocycles. The lowest BCUT2D eigenvalue weighted by Gasteiger charge is -2.21. The van der Waals surface area contributed by atoms with E-state index in [9.17, 15) is 9.59 Å². The lowest BCUT2D eigenvalue weighted by atomic mass is 10.1. The minimum Gasteiger partial charge on any atom is -0.456 e. The number of hydrogen-bond acceptors (Lipinski definition) is 5. The number of thiazole rings is 1. The van der Waals surface area contributed by atoms with Crippen LogP contribution in [0.4, 0.5) is 10.8 Å². The van der Waals surface area contributed by atoms with Crippen LogP contribution in [-0.2, 0) is 16.1 Å². The Kier molecular flexibility index (Phi) is 6.18. The Balaban J connectivity index is 1.48. The van der Waals surface area contributed by atoms with E-state index in [1.165, 1.54) is 18.3 Å². The van der Waals surface area contributed by atoms with Crippen molar-refractivity contribution in [2.24, 2.45) is 0 Å². The number of carbonyl (C=O) groups excluding carboxylic acids is 2. The van der Waals surface area contributed by atoms with Gasteiger partial charge in [0.2, 0.25) is 5.91 Å². The van der Waals surface area contributed by atoms with E-state index in [0.717, 1.165) is 22.5 Å². The van der Waals surface area contributed by atoms with Crippen molar-refractivity contribution in [3.63, 3.8) is 0 Å². The van der Waals surface area contributed by atoms with Gasteiger partial charge < -0.3 is 9.30 Å². The molecule has 2 aromatic heterocycles. The van der Waals surface area contributed by atoms with Crippen LogP contribution in [-0.4, -0.2) is 21.4 Å². The zero-order valence-electron chi connectivity index (χ0n) is 18.1. The van der Waals surface area contributed by atoms with Crippen molar-refractivity contribution in [3.8, 4) is 5.69 Å². The molecule has 4 rings (SSSR count). The monoisotopic (exact) mass is 445 g/mol. The average Bonchev–Trinajstić information content (AvgIpc) is 3.48. The van der Waals surface area contributed by atoms with Crippen LogP contribution in [0.5, 0.6) is 0 Å². The van der Waals surface area contributed by atoms with Crippen molar-refractivity contribution in [2.75, 3.05) is 4.90 Å². The number of amides is 1. The van der Waals surface area contributed by atoms with E-state index in [1.807, 2.05) is 73.3 Å². The van der Waals surface area contributed by atoms with Gasteiger partial charge in [-0.1, -0.05) is 18.2 Å². The second kappa shape index (κ2) is 9.20. The van der Waals surface area contributed by atoms with E-state index in [1.54, 1.807) is 22.4 Å².